The first kappa shape index (κ1) is 12.1. The monoisotopic (exact) mass is 254 g/mol. The molecule has 1 heterocycles. The van der Waals surface area contributed by atoms with Crippen molar-refractivity contribution in [2.45, 2.75) is 25.9 Å². The molecule has 0 N–H and O–H groups in total. The van der Waals surface area contributed by atoms with Crippen molar-refractivity contribution in [2.75, 3.05) is 6.61 Å². The summed E-state index contributed by atoms with van der Waals surface area (Å²) in [5.41, 5.74) is 2.21. The molecule has 2 heteroatoms. The summed E-state index contributed by atoms with van der Waals surface area (Å²) in [4.78, 5) is 0. The summed E-state index contributed by atoms with van der Waals surface area (Å²) in [5, 5.41) is 0. The van der Waals surface area contributed by atoms with Gasteiger partial charge in [0.1, 0.15) is 11.5 Å². The van der Waals surface area contributed by atoms with Crippen LogP contribution < -0.4 is 9.47 Å². The van der Waals surface area contributed by atoms with E-state index < -0.39 is 0 Å². The summed E-state index contributed by atoms with van der Waals surface area (Å²) in [7, 11) is 0. The maximum Gasteiger partial charge on any atom is 0.127 e. The Hall–Kier alpha value is -1.96. The van der Waals surface area contributed by atoms with Crippen LogP contribution in [0.15, 0.2) is 48.5 Å². The Morgan fingerprint density at radius 3 is 2.32 bits per heavy atom. The fourth-order valence-corrected chi connectivity index (χ4v) is 2.44. The minimum Gasteiger partial charge on any atom is -0.493 e. The SMILES string of the molecule is CC1CCCOc2ccccc2-c2ccccc2O1. The summed E-state index contributed by atoms with van der Waals surface area (Å²) in [6, 6.07) is 16.3. The Morgan fingerprint density at radius 2 is 1.53 bits per heavy atom. The zero-order chi connectivity index (χ0) is 13.1. The second-order valence-corrected chi connectivity index (χ2v) is 4.91. The van der Waals surface area contributed by atoms with Gasteiger partial charge >= 0.3 is 0 Å². The van der Waals surface area contributed by atoms with E-state index in [4.69, 9.17) is 9.47 Å². The van der Waals surface area contributed by atoms with Crippen LogP contribution in [0.25, 0.3) is 11.1 Å². The van der Waals surface area contributed by atoms with Crippen molar-refractivity contribution in [3.8, 4) is 22.6 Å². The van der Waals surface area contributed by atoms with Crippen LogP contribution in [-0.2, 0) is 0 Å². The van der Waals surface area contributed by atoms with E-state index in [9.17, 15) is 0 Å². The minimum absolute atomic E-state index is 0.218. The number of hydrogen-bond donors (Lipinski definition) is 0. The number of fused-ring (bicyclic) bond motifs is 3. The quantitative estimate of drug-likeness (QED) is 0.698. The number of rotatable bonds is 0. The highest BCUT2D eigenvalue weighted by Gasteiger charge is 2.15. The molecule has 3 rings (SSSR count). The second kappa shape index (κ2) is 5.35. The molecule has 0 bridgehead atoms. The minimum atomic E-state index is 0.218. The highest BCUT2D eigenvalue weighted by molar-refractivity contribution is 5.75. The zero-order valence-corrected chi connectivity index (χ0v) is 11.1. The average molecular weight is 254 g/mol. The molecular formula is C17H18O2. The third-order valence-electron chi connectivity index (χ3n) is 3.40. The molecule has 1 atom stereocenters. The highest BCUT2D eigenvalue weighted by atomic mass is 16.5. The number of hydrogen-bond acceptors (Lipinski definition) is 2. The third-order valence-corrected chi connectivity index (χ3v) is 3.40. The lowest BCUT2D eigenvalue weighted by Gasteiger charge is -2.21. The van der Waals surface area contributed by atoms with Crippen LogP contribution in [0, 0.1) is 0 Å². The van der Waals surface area contributed by atoms with Crippen molar-refractivity contribution < 1.29 is 9.47 Å². The number of benzene rings is 2. The molecule has 0 radical (unpaired) electrons. The van der Waals surface area contributed by atoms with Crippen molar-refractivity contribution in [3.63, 3.8) is 0 Å². The normalized spacial score (nSPS) is 18.5. The van der Waals surface area contributed by atoms with Crippen LogP contribution >= 0.6 is 0 Å². The van der Waals surface area contributed by atoms with Gasteiger partial charge in [0.15, 0.2) is 0 Å². The summed E-state index contributed by atoms with van der Waals surface area (Å²) >= 11 is 0. The molecule has 0 saturated heterocycles. The van der Waals surface area contributed by atoms with Crippen LogP contribution in [0.5, 0.6) is 11.5 Å². The topological polar surface area (TPSA) is 18.5 Å². The first-order valence-electron chi connectivity index (χ1n) is 6.82. The lowest BCUT2D eigenvalue weighted by molar-refractivity contribution is 0.192. The van der Waals surface area contributed by atoms with Crippen LogP contribution in [0.3, 0.4) is 0 Å². The standard InChI is InChI=1S/C17H18O2/c1-13-7-6-12-18-16-10-4-2-8-14(16)15-9-3-5-11-17(15)19-13/h2-5,8-11,13H,6-7,12H2,1H3. The van der Waals surface area contributed by atoms with E-state index in [1.54, 1.807) is 0 Å². The van der Waals surface area contributed by atoms with Crippen molar-refractivity contribution in [3.05, 3.63) is 48.5 Å². The van der Waals surface area contributed by atoms with Gasteiger partial charge in [0.2, 0.25) is 0 Å². The predicted octanol–water partition coefficient (Wildman–Crippen LogP) is 4.29. The molecule has 2 aromatic carbocycles. The molecule has 2 aromatic rings. The Morgan fingerprint density at radius 1 is 0.895 bits per heavy atom. The third kappa shape index (κ3) is 2.58. The van der Waals surface area contributed by atoms with E-state index in [0.29, 0.717) is 0 Å². The lowest BCUT2D eigenvalue weighted by Crippen LogP contribution is -2.15. The van der Waals surface area contributed by atoms with Gasteiger partial charge in [-0.1, -0.05) is 36.4 Å². The molecule has 1 unspecified atom stereocenters. The average Bonchev–Trinajstić information content (AvgIpc) is 2.45. The molecule has 98 valence electrons. The molecule has 1 aliphatic rings. The molecule has 0 saturated carbocycles. The number of para-hydroxylation sites is 2. The molecule has 0 aliphatic carbocycles. The van der Waals surface area contributed by atoms with Gasteiger partial charge in [-0.3, -0.25) is 0 Å². The van der Waals surface area contributed by atoms with E-state index in [-0.39, 0.29) is 6.10 Å². The Balaban J connectivity index is 2.12. The first-order valence-corrected chi connectivity index (χ1v) is 6.82. The molecule has 0 spiro atoms. The van der Waals surface area contributed by atoms with Crippen LogP contribution in [0.4, 0.5) is 0 Å². The number of ether oxygens (including phenoxy) is 2. The summed E-state index contributed by atoms with van der Waals surface area (Å²) in [6.07, 6.45) is 2.24. The van der Waals surface area contributed by atoms with Crippen LogP contribution in [-0.4, -0.2) is 12.7 Å². The summed E-state index contributed by atoms with van der Waals surface area (Å²) in [5.74, 6) is 1.88. The highest BCUT2D eigenvalue weighted by Crippen LogP contribution is 2.37. The Bertz CT molecular complexity index is 563. The van der Waals surface area contributed by atoms with Crippen LogP contribution in [0.2, 0.25) is 0 Å². The zero-order valence-electron chi connectivity index (χ0n) is 11.1. The predicted molar refractivity (Wildman–Crippen MR) is 76.7 cm³/mol. The van der Waals surface area contributed by atoms with Gasteiger partial charge in [-0.05, 0) is 31.9 Å². The molecule has 19 heavy (non-hydrogen) atoms. The molecule has 0 amide bonds. The molecule has 0 aromatic heterocycles. The lowest BCUT2D eigenvalue weighted by atomic mass is 10.0. The molecule has 0 fully saturated rings. The summed E-state index contributed by atoms with van der Waals surface area (Å²) in [6.45, 7) is 2.86. The van der Waals surface area contributed by atoms with Gasteiger partial charge in [0.05, 0.1) is 12.7 Å². The van der Waals surface area contributed by atoms with Crippen molar-refractivity contribution in [2.24, 2.45) is 0 Å². The van der Waals surface area contributed by atoms with E-state index in [1.165, 1.54) is 0 Å². The van der Waals surface area contributed by atoms with Gasteiger partial charge in [-0.2, -0.15) is 0 Å². The van der Waals surface area contributed by atoms with E-state index in [1.807, 2.05) is 36.4 Å². The van der Waals surface area contributed by atoms with E-state index in [0.717, 1.165) is 42.1 Å². The molecule has 2 nitrogen and oxygen atoms in total. The molecule has 1 aliphatic heterocycles. The van der Waals surface area contributed by atoms with Gasteiger partial charge in [-0.15, -0.1) is 0 Å². The Kier molecular flexibility index (Phi) is 3.41. The first-order chi connectivity index (χ1) is 9.34. The second-order valence-electron chi connectivity index (χ2n) is 4.91. The van der Waals surface area contributed by atoms with Crippen LogP contribution in [0.1, 0.15) is 19.8 Å². The van der Waals surface area contributed by atoms with Gasteiger partial charge in [0, 0.05) is 11.1 Å². The maximum absolute atomic E-state index is 6.07. The largest absolute Gasteiger partial charge is 0.493 e. The fraction of sp³-hybridized carbons (Fsp3) is 0.294. The van der Waals surface area contributed by atoms with Crippen molar-refractivity contribution in [1.82, 2.24) is 0 Å². The van der Waals surface area contributed by atoms with Gasteiger partial charge in [0.25, 0.3) is 0 Å². The Labute approximate surface area is 114 Å². The van der Waals surface area contributed by atoms with E-state index >= 15 is 0 Å². The molecular weight excluding hydrogens is 236 g/mol. The van der Waals surface area contributed by atoms with E-state index in [2.05, 4.69) is 19.1 Å². The fourth-order valence-electron chi connectivity index (χ4n) is 2.44. The summed E-state index contributed by atoms with van der Waals surface area (Å²) < 4.78 is 12.0. The van der Waals surface area contributed by atoms with Gasteiger partial charge < -0.3 is 9.47 Å². The van der Waals surface area contributed by atoms with Crippen molar-refractivity contribution in [1.29, 1.82) is 0 Å². The maximum atomic E-state index is 6.07. The van der Waals surface area contributed by atoms with Gasteiger partial charge in [-0.25, -0.2) is 0 Å². The smallest absolute Gasteiger partial charge is 0.127 e. The van der Waals surface area contributed by atoms with Crippen molar-refractivity contribution >= 4 is 0 Å².